The van der Waals surface area contributed by atoms with Crippen LogP contribution in [-0.4, -0.2) is 10.2 Å². The third kappa shape index (κ3) is 3.03. The van der Waals surface area contributed by atoms with Crippen LogP contribution >= 0.6 is 0 Å². The standard InChI is InChI=1S/C7H10N2.C2H6/c1-3-6(2)7-4-5-8-9-7;1-2/h3-5H,1-2H3,(H,8,9);1-2H3/b6-3+;. The van der Waals surface area contributed by atoms with Crippen LogP contribution in [0.5, 0.6) is 0 Å². The predicted octanol–water partition coefficient (Wildman–Crippen LogP) is 2.86. The number of aromatic nitrogens is 2. The molecule has 1 N–H and O–H groups in total. The molecule has 0 aliphatic carbocycles. The molecule has 0 amide bonds. The number of nitrogens with one attached hydrogen (secondary N) is 1. The van der Waals surface area contributed by atoms with Crippen molar-refractivity contribution in [2.75, 3.05) is 0 Å². The van der Waals surface area contributed by atoms with E-state index in [0.29, 0.717) is 0 Å². The molecule has 0 saturated heterocycles. The number of H-pyrrole nitrogens is 1. The van der Waals surface area contributed by atoms with Gasteiger partial charge in [-0.25, -0.2) is 0 Å². The van der Waals surface area contributed by atoms with Crippen LogP contribution in [0.4, 0.5) is 0 Å². The third-order valence-electron chi connectivity index (χ3n) is 1.36. The maximum Gasteiger partial charge on any atom is 0.0603 e. The molecule has 11 heavy (non-hydrogen) atoms. The molecule has 0 aliphatic heterocycles. The molecule has 0 fully saturated rings. The Morgan fingerprint density at radius 1 is 1.55 bits per heavy atom. The van der Waals surface area contributed by atoms with Crippen LogP contribution in [0.1, 0.15) is 33.4 Å². The zero-order valence-electron chi connectivity index (χ0n) is 7.68. The van der Waals surface area contributed by atoms with Gasteiger partial charge in [-0.1, -0.05) is 19.9 Å². The van der Waals surface area contributed by atoms with Crippen LogP contribution in [0.3, 0.4) is 0 Å². The largest absolute Gasteiger partial charge is 0.278 e. The van der Waals surface area contributed by atoms with E-state index in [1.54, 1.807) is 6.20 Å². The average Bonchev–Trinajstić information content (AvgIpc) is 2.59. The second-order valence-electron chi connectivity index (χ2n) is 1.94. The highest BCUT2D eigenvalue weighted by Crippen LogP contribution is 2.07. The molecule has 1 heterocycles. The molecule has 1 aromatic rings. The normalized spacial score (nSPS) is 10.4. The molecule has 1 aromatic heterocycles. The van der Waals surface area contributed by atoms with Crippen molar-refractivity contribution >= 4 is 5.57 Å². The van der Waals surface area contributed by atoms with Gasteiger partial charge in [-0.3, -0.25) is 5.10 Å². The first-order valence-corrected chi connectivity index (χ1v) is 3.97. The fraction of sp³-hybridized carbons (Fsp3) is 0.444. The van der Waals surface area contributed by atoms with E-state index in [9.17, 15) is 0 Å². The number of hydrogen-bond acceptors (Lipinski definition) is 1. The molecule has 2 heteroatoms. The first-order valence-electron chi connectivity index (χ1n) is 3.97. The summed E-state index contributed by atoms with van der Waals surface area (Å²) in [5.74, 6) is 0. The summed E-state index contributed by atoms with van der Waals surface area (Å²) < 4.78 is 0. The van der Waals surface area contributed by atoms with E-state index in [-0.39, 0.29) is 0 Å². The van der Waals surface area contributed by atoms with E-state index in [2.05, 4.69) is 10.2 Å². The minimum absolute atomic E-state index is 1.09. The van der Waals surface area contributed by atoms with Crippen LogP contribution in [-0.2, 0) is 0 Å². The molecule has 0 bridgehead atoms. The number of hydrogen-bond donors (Lipinski definition) is 1. The van der Waals surface area contributed by atoms with Crippen molar-refractivity contribution in [3.05, 3.63) is 24.0 Å². The zero-order chi connectivity index (χ0) is 8.69. The molecule has 0 radical (unpaired) electrons. The molecule has 2 nitrogen and oxygen atoms in total. The molecular weight excluding hydrogens is 136 g/mol. The number of allylic oxidation sites excluding steroid dienone is 2. The van der Waals surface area contributed by atoms with Crippen LogP contribution in [0, 0.1) is 0 Å². The van der Waals surface area contributed by atoms with E-state index in [4.69, 9.17) is 0 Å². The highest BCUT2D eigenvalue weighted by Gasteiger charge is 1.91. The molecule has 0 spiro atoms. The summed E-state index contributed by atoms with van der Waals surface area (Å²) in [4.78, 5) is 0. The Morgan fingerprint density at radius 2 is 2.18 bits per heavy atom. The molecule has 0 aliphatic rings. The Labute approximate surface area is 68.3 Å². The third-order valence-corrected chi connectivity index (χ3v) is 1.36. The van der Waals surface area contributed by atoms with Crippen molar-refractivity contribution in [3.63, 3.8) is 0 Å². The highest BCUT2D eigenvalue weighted by atomic mass is 15.1. The second-order valence-corrected chi connectivity index (χ2v) is 1.94. The summed E-state index contributed by atoms with van der Waals surface area (Å²) in [5.41, 5.74) is 2.32. The van der Waals surface area contributed by atoms with Crippen molar-refractivity contribution in [1.29, 1.82) is 0 Å². The predicted molar refractivity (Wildman–Crippen MR) is 49.3 cm³/mol. The highest BCUT2D eigenvalue weighted by molar-refractivity contribution is 5.59. The molecular formula is C9H16N2. The molecule has 62 valence electrons. The van der Waals surface area contributed by atoms with Crippen molar-refractivity contribution < 1.29 is 0 Å². The number of nitrogens with zero attached hydrogens (tertiary/aromatic N) is 1. The van der Waals surface area contributed by atoms with E-state index < -0.39 is 0 Å². The van der Waals surface area contributed by atoms with Crippen LogP contribution in [0.25, 0.3) is 5.57 Å². The van der Waals surface area contributed by atoms with E-state index in [1.807, 2.05) is 39.8 Å². The summed E-state index contributed by atoms with van der Waals surface area (Å²) >= 11 is 0. The van der Waals surface area contributed by atoms with Gasteiger partial charge in [-0.05, 0) is 25.5 Å². The van der Waals surface area contributed by atoms with Gasteiger partial charge < -0.3 is 0 Å². The lowest BCUT2D eigenvalue weighted by Gasteiger charge is -1.90. The zero-order valence-corrected chi connectivity index (χ0v) is 7.68. The maximum absolute atomic E-state index is 3.83. The van der Waals surface area contributed by atoms with Gasteiger partial charge in [0.25, 0.3) is 0 Å². The minimum Gasteiger partial charge on any atom is -0.278 e. The van der Waals surface area contributed by atoms with Gasteiger partial charge in [0.15, 0.2) is 0 Å². The fourth-order valence-electron chi connectivity index (χ4n) is 0.631. The van der Waals surface area contributed by atoms with E-state index in [0.717, 1.165) is 5.69 Å². The van der Waals surface area contributed by atoms with Gasteiger partial charge in [0, 0.05) is 6.20 Å². The lowest BCUT2D eigenvalue weighted by molar-refractivity contribution is 1.07. The van der Waals surface area contributed by atoms with Gasteiger partial charge in [0.05, 0.1) is 5.69 Å². The van der Waals surface area contributed by atoms with Crippen molar-refractivity contribution in [2.24, 2.45) is 0 Å². The molecule has 1 rings (SSSR count). The topological polar surface area (TPSA) is 28.7 Å². The smallest absolute Gasteiger partial charge is 0.0603 e. The lowest BCUT2D eigenvalue weighted by Crippen LogP contribution is -1.76. The van der Waals surface area contributed by atoms with Gasteiger partial charge >= 0.3 is 0 Å². The SMILES string of the molecule is C/C=C(\C)c1ccn[nH]1.CC. The van der Waals surface area contributed by atoms with E-state index >= 15 is 0 Å². The molecule has 0 aromatic carbocycles. The molecule has 0 saturated carbocycles. The number of rotatable bonds is 1. The monoisotopic (exact) mass is 152 g/mol. The van der Waals surface area contributed by atoms with Gasteiger partial charge in [0.2, 0.25) is 0 Å². The lowest BCUT2D eigenvalue weighted by atomic mass is 10.2. The van der Waals surface area contributed by atoms with Crippen LogP contribution < -0.4 is 0 Å². The van der Waals surface area contributed by atoms with Gasteiger partial charge in [-0.15, -0.1) is 0 Å². The Balaban J connectivity index is 0.000000461. The quantitative estimate of drug-likeness (QED) is 0.658. The average molecular weight is 152 g/mol. The first-order chi connectivity index (χ1) is 5.34. The first kappa shape index (κ1) is 9.95. The Bertz CT molecular complexity index is 197. The second kappa shape index (κ2) is 5.71. The summed E-state index contributed by atoms with van der Waals surface area (Å²) in [6, 6.07) is 1.95. The van der Waals surface area contributed by atoms with Gasteiger partial charge in [0.1, 0.15) is 0 Å². The Kier molecular flexibility index (Phi) is 5.17. The summed E-state index contributed by atoms with van der Waals surface area (Å²) in [7, 11) is 0. The van der Waals surface area contributed by atoms with Crippen molar-refractivity contribution in [3.8, 4) is 0 Å². The van der Waals surface area contributed by atoms with Crippen LogP contribution in [0.15, 0.2) is 18.3 Å². The van der Waals surface area contributed by atoms with Gasteiger partial charge in [-0.2, -0.15) is 5.10 Å². The maximum atomic E-state index is 3.83. The summed E-state index contributed by atoms with van der Waals surface area (Å²) in [6.07, 6.45) is 3.80. The van der Waals surface area contributed by atoms with Crippen molar-refractivity contribution in [2.45, 2.75) is 27.7 Å². The summed E-state index contributed by atoms with van der Waals surface area (Å²) in [6.45, 7) is 8.06. The van der Waals surface area contributed by atoms with E-state index in [1.165, 1.54) is 5.57 Å². The Morgan fingerprint density at radius 3 is 2.55 bits per heavy atom. The Hall–Kier alpha value is -1.05. The molecule has 0 atom stereocenters. The van der Waals surface area contributed by atoms with Crippen molar-refractivity contribution in [1.82, 2.24) is 10.2 Å². The number of aromatic amines is 1. The minimum atomic E-state index is 1.09. The summed E-state index contributed by atoms with van der Waals surface area (Å²) in [5, 5.41) is 6.69. The van der Waals surface area contributed by atoms with Crippen LogP contribution in [0.2, 0.25) is 0 Å². The fourth-order valence-corrected chi connectivity index (χ4v) is 0.631. The molecule has 0 unspecified atom stereocenters.